The van der Waals surface area contributed by atoms with Gasteiger partial charge in [-0.15, -0.1) is 0 Å². The Balaban J connectivity index is 1.75. The number of hydrogen-bond donors (Lipinski definition) is 2. The smallest absolute Gasteiger partial charge is 0.272 e. The third-order valence-electron chi connectivity index (χ3n) is 3.41. The normalized spacial score (nSPS) is 16.4. The number of aromatic nitrogens is 2. The number of aryl methyl sites for hydroxylation is 2. The molecule has 0 bridgehead atoms. The molecule has 0 atom stereocenters. The number of H-pyrrole nitrogens is 1. The van der Waals surface area contributed by atoms with Crippen molar-refractivity contribution in [1.29, 1.82) is 0 Å². The number of fused-ring (bicyclic) bond motifs is 1. The predicted molar refractivity (Wildman–Crippen MR) is 74.4 cm³/mol. The molecular weight excluding hydrogens is 294 g/mol. The number of rotatable bonds is 3. The Labute approximate surface area is 121 Å². The van der Waals surface area contributed by atoms with Crippen LogP contribution in [0.15, 0.2) is 16.5 Å². The molecule has 8 heteroatoms. The van der Waals surface area contributed by atoms with E-state index in [1.807, 2.05) is 13.0 Å². The highest BCUT2D eigenvalue weighted by atomic mass is 32.2. The molecule has 1 aliphatic rings. The molecule has 21 heavy (non-hydrogen) atoms. The van der Waals surface area contributed by atoms with Crippen molar-refractivity contribution in [1.82, 2.24) is 15.5 Å². The molecule has 3 rings (SSSR count). The summed E-state index contributed by atoms with van der Waals surface area (Å²) in [6, 6.07) is 3.59. The van der Waals surface area contributed by atoms with E-state index in [0.717, 1.165) is 11.5 Å². The summed E-state index contributed by atoms with van der Waals surface area (Å²) in [5.41, 5.74) is 1.36. The monoisotopic (exact) mass is 309 g/mol. The fourth-order valence-electron chi connectivity index (χ4n) is 2.33. The van der Waals surface area contributed by atoms with Gasteiger partial charge in [0.05, 0.1) is 18.1 Å². The summed E-state index contributed by atoms with van der Waals surface area (Å²) >= 11 is 0. The van der Waals surface area contributed by atoms with Crippen LogP contribution in [0.2, 0.25) is 0 Å². The van der Waals surface area contributed by atoms with Gasteiger partial charge in [0, 0.05) is 17.7 Å². The van der Waals surface area contributed by atoms with Crippen molar-refractivity contribution in [3.63, 3.8) is 0 Å². The molecule has 0 spiro atoms. The van der Waals surface area contributed by atoms with Crippen molar-refractivity contribution in [2.75, 3.05) is 5.75 Å². The number of carbonyl (C=O) groups is 1. The first-order valence-corrected chi connectivity index (χ1v) is 8.37. The Hall–Kier alpha value is -2.09. The third kappa shape index (κ3) is 2.85. The third-order valence-corrected chi connectivity index (χ3v) is 4.97. The van der Waals surface area contributed by atoms with Crippen LogP contribution in [-0.4, -0.2) is 30.3 Å². The molecule has 1 amide bonds. The zero-order chi connectivity index (χ0) is 15.0. The van der Waals surface area contributed by atoms with E-state index in [4.69, 9.17) is 4.42 Å². The summed E-state index contributed by atoms with van der Waals surface area (Å²) in [4.78, 5) is 12.1. The first-order valence-electron chi connectivity index (χ1n) is 6.55. The maximum absolute atomic E-state index is 12.1. The van der Waals surface area contributed by atoms with Gasteiger partial charge >= 0.3 is 0 Å². The molecule has 0 radical (unpaired) electrons. The first-order chi connectivity index (χ1) is 9.94. The molecule has 2 N–H and O–H groups in total. The van der Waals surface area contributed by atoms with Crippen LogP contribution in [0.25, 0.3) is 0 Å². The maximum Gasteiger partial charge on any atom is 0.272 e. The fourth-order valence-corrected chi connectivity index (χ4v) is 3.74. The second-order valence-corrected chi connectivity index (χ2v) is 7.25. The van der Waals surface area contributed by atoms with Gasteiger partial charge < -0.3 is 9.73 Å². The van der Waals surface area contributed by atoms with E-state index in [-0.39, 0.29) is 23.7 Å². The molecule has 0 fully saturated rings. The van der Waals surface area contributed by atoms with Gasteiger partial charge in [-0.25, -0.2) is 8.42 Å². The zero-order valence-corrected chi connectivity index (χ0v) is 12.3. The highest BCUT2D eigenvalue weighted by molar-refractivity contribution is 7.90. The summed E-state index contributed by atoms with van der Waals surface area (Å²) < 4.78 is 28.7. The topological polar surface area (TPSA) is 105 Å². The van der Waals surface area contributed by atoms with Crippen LogP contribution in [0.5, 0.6) is 0 Å². The molecule has 0 unspecified atom stereocenters. The Bertz CT molecular complexity index is 788. The number of nitrogens with one attached hydrogen (secondary N) is 2. The van der Waals surface area contributed by atoms with E-state index < -0.39 is 15.7 Å². The number of sulfone groups is 1. The van der Waals surface area contributed by atoms with E-state index in [0.29, 0.717) is 17.7 Å². The highest BCUT2D eigenvalue weighted by Crippen LogP contribution is 2.22. The molecular formula is C13H15N3O4S. The number of amides is 1. The SMILES string of the molecule is Cc1ccc(CNC(=O)c2n[nH]c3c2CS(=O)(=O)CC3)o1. The van der Waals surface area contributed by atoms with Crippen molar-refractivity contribution >= 4 is 15.7 Å². The predicted octanol–water partition coefficient (Wildman–Crippen LogP) is 0.712. The van der Waals surface area contributed by atoms with Crippen LogP contribution >= 0.6 is 0 Å². The number of carbonyl (C=O) groups excluding carboxylic acids is 1. The zero-order valence-electron chi connectivity index (χ0n) is 11.5. The lowest BCUT2D eigenvalue weighted by molar-refractivity contribution is 0.0942. The summed E-state index contributed by atoms with van der Waals surface area (Å²) in [6.07, 6.45) is 0.370. The second-order valence-electron chi connectivity index (χ2n) is 5.07. The van der Waals surface area contributed by atoms with E-state index in [9.17, 15) is 13.2 Å². The molecule has 0 saturated carbocycles. The minimum atomic E-state index is -3.14. The quantitative estimate of drug-likeness (QED) is 0.869. The van der Waals surface area contributed by atoms with Crippen LogP contribution < -0.4 is 5.32 Å². The molecule has 2 aromatic rings. The summed E-state index contributed by atoms with van der Waals surface area (Å²) in [7, 11) is -3.14. The van der Waals surface area contributed by atoms with Gasteiger partial charge in [0.1, 0.15) is 11.5 Å². The van der Waals surface area contributed by atoms with E-state index >= 15 is 0 Å². The number of aromatic amines is 1. The van der Waals surface area contributed by atoms with Gasteiger partial charge in [0.15, 0.2) is 15.5 Å². The summed E-state index contributed by atoms with van der Waals surface area (Å²) in [5, 5.41) is 9.38. The molecule has 0 aromatic carbocycles. The van der Waals surface area contributed by atoms with Crippen molar-refractivity contribution < 1.29 is 17.6 Å². The van der Waals surface area contributed by atoms with Gasteiger partial charge in [-0.3, -0.25) is 9.89 Å². The van der Waals surface area contributed by atoms with Crippen LogP contribution in [0.3, 0.4) is 0 Å². The Morgan fingerprint density at radius 1 is 1.48 bits per heavy atom. The lowest BCUT2D eigenvalue weighted by Crippen LogP contribution is -2.26. The molecule has 7 nitrogen and oxygen atoms in total. The van der Waals surface area contributed by atoms with Gasteiger partial charge in [0.25, 0.3) is 5.91 Å². The van der Waals surface area contributed by atoms with Gasteiger partial charge in [0.2, 0.25) is 0 Å². The van der Waals surface area contributed by atoms with E-state index in [1.54, 1.807) is 6.07 Å². The number of hydrogen-bond acceptors (Lipinski definition) is 5. The van der Waals surface area contributed by atoms with Crippen LogP contribution in [0.1, 0.15) is 33.3 Å². The lowest BCUT2D eigenvalue weighted by Gasteiger charge is -2.12. The molecule has 112 valence electrons. The molecule has 0 saturated heterocycles. The largest absolute Gasteiger partial charge is 0.465 e. The summed E-state index contributed by atoms with van der Waals surface area (Å²) in [6.45, 7) is 2.06. The van der Waals surface area contributed by atoms with Crippen LogP contribution in [-0.2, 0) is 28.6 Å². The minimum Gasteiger partial charge on any atom is -0.465 e. The van der Waals surface area contributed by atoms with Crippen molar-refractivity contribution in [2.45, 2.75) is 25.6 Å². The molecule has 2 aromatic heterocycles. The number of furan rings is 1. The summed E-state index contributed by atoms with van der Waals surface area (Å²) in [5.74, 6) is 0.954. The van der Waals surface area contributed by atoms with Gasteiger partial charge in [-0.2, -0.15) is 5.10 Å². The van der Waals surface area contributed by atoms with Gasteiger partial charge in [-0.1, -0.05) is 0 Å². The second kappa shape index (κ2) is 5.03. The van der Waals surface area contributed by atoms with Crippen molar-refractivity contribution in [3.05, 3.63) is 40.6 Å². The lowest BCUT2D eigenvalue weighted by atomic mass is 10.1. The molecule has 0 aliphatic carbocycles. The van der Waals surface area contributed by atoms with E-state index in [2.05, 4.69) is 15.5 Å². The van der Waals surface area contributed by atoms with Crippen LogP contribution in [0.4, 0.5) is 0 Å². The molecule has 3 heterocycles. The molecule has 1 aliphatic heterocycles. The van der Waals surface area contributed by atoms with Gasteiger partial charge in [-0.05, 0) is 19.1 Å². The minimum absolute atomic E-state index is 0.0922. The Morgan fingerprint density at radius 2 is 2.29 bits per heavy atom. The standard InChI is InChI=1S/C13H15N3O4S/c1-8-2-3-9(20-8)6-14-13(17)12-10-7-21(18,19)5-4-11(10)15-16-12/h2-3H,4-7H2,1H3,(H,14,17)(H,15,16). The van der Waals surface area contributed by atoms with Crippen LogP contribution in [0, 0.1) is 6.92 Å². The maximum atomic E-state index is 12.1. The van der Waals surface area contributed by atoms with Crippen molar-refractivity contribution in [3.8, 4) is 0 Å². The van der Waals surface area contributed by atoms with Crippen molar-refractivity contribution in [2.24, 2.45) is 0 Å². The highest BCUT2D eigenvalue weighted by Gasteiger charge is 2.28. The average Bonchev–Trinajstić information content (AvgIpc) is 3.01. The Kier molecular flexibility index (Phi) is 3.32. The Morgan fingerprint density at radius 3 is 3.00 bits per heavy atom. The average molecular weight is 309 g/mol. The first kappa shape index (κ1) is 13.9. The fraction of sp³-hybridized carbons (Fsp3) is 0.385. The van der Waals surface area contributed by atoms with E-state index in [1.165, 1.54) is 0 Å². The number of nitrogens with zero attached hydrogens (tertiary/aromatic N) is 1.